The summed E-state index contributed by atoms with van der Waals surface area (Å²) >= 11 is 0. The minimum atomic E-state index is -3.38. The molecule has 0 aromatic rings. The molecule has 0 saturated heterocycles. The van der Waals surface area contributed by atoms with Gasteiger partial charge in [0.1, 0.15) is 0 Å². The largest absolute Gasteiger partial charge is 0.529 e. The van der Waals surface area contributed by atoms with Gasteiger partial charge in [-0.25, -0.2) is 4.57 Å². The van der Waals surface area contributed by atoms with E-state index in [9.17, 15) is 4.57 Å². The zero-order chi connectivity index (χ0) is 12.3. The molecule has 0 amide bonds. The van der Waals surface area contributed by atoms with Gasteiger partial charge in [-0.2, -0.15) is 0 Å². The van der Waals surface area contributed by atoms with Gasteiger partial charge in [-0.15, -0.1) is 0 Å². The third-order valence-electron chi connectivity index (χ3n) is 1.82. The van der Waals surface area contributed by atoms with Crippen molar-refractivity contribution in [3.05, 3.63) is 12.3 Å². The van der Waals surface area contributed by atoms with Gasteiger partial charge < -0.3 is 4.52 Å². The predicted octanol–water partition coefficient (Wildman–Crippen LogP) is 4.28. The average molecular weight is 250 g/mol. The van der Waals surface area contributed by atoms with E-state index in [1.807, 2.05) is 13.8 Å². The Kier molecular flexibility index (Phi) is 9.69. The smallest absolute Gasteiger partial charge is 0.412 e. The van der Waals surface area contributed by atoms with Crippen LogP contribution < -0.4 is 0 Å². The Morgan fingerprint density at radius 3 is 1.94 bits per heavy atom. The van der Waals surface area contributed by atoms with Crippen LogP contribution in [-0.4, -0.2) is 13.2 Å². The van der Waals surface area contributed by atoms with Crippen LogP contribution in [0.5, 0.6) is 0 Å². The van der Waals surface area contributed by atoms with Crippen LogP contribution in [0.4, 0.5) is 0 Å². The molecule has 4 nitrogen and oxygen atoms in total. The Hall–Kier alpha value is -0.310. The summed E-state index contributed by atoms with van der Waals surface area (Å²) in [7, 11) is -3.38. The van der Waals surface area contributed by atoms with Crippen LogP contribution in [0.1, 0.15) is 46.5 Å². The fourth-order valence-electron chi connectivity index (χ4n) is 0.875. The highest BCUT2D eigenvalue weighted by molar-refractivity contribution is 7.48. The Morgan fingerprint density at radius 1 is 1.06 bits per heavy atom. The SMILES string of the molecule is CC=COP(=O)(OCCCC)OCCCC. The zero-order valence-electron chi connectivity index (χ0n) is 10.5. The van der Waals surface area contributed by atoms with Gasteiger partial charge in [-0.1, -0.05) is 32.8 Å². The highest BCUT2D eigenvalue weighted by atomic mass is 31.2. The summed E-state index contributed by atoms with van der Waals surface area (Å²) in [6.45, 7) is 6.66. The maximum atomic E-state index is 12.0. The lowest BCUT2D eigenvalue weighted by atomic mass is 10.4. The van der Waals surface area contributed by atoms with Crippen LogP contribution in [-0.2, 0) is 18.1 Å². The van der Waals surface area contributed by atoms with Crippen LogP contribution in [0.15, 0.2) is 12.3 Å². The van der Waals surface area contributed by atoms with Gasteiger partial charge in [0.25, 0.3) is 0 Å². The molecule has 0 rings (SSSR count). The van der Waals surface area contributed by atoms with E-state index in [0.717, 1.165) is 25.7 Å². The van der Waals surface area contributed by atoms with Gasteiger partial charge in [0.05, 0.1) is 19.5 Å². The highest BCUT2D eigenvalue weighted by Crippen LogP contribution is 2.50. The lowest BCUT2D eigenvalue weighted by Crippen LogP contribution is -2.00. The van der Waals surface area contributed by atoms with Crippen molar-refractivity contribution in [1.29, 1.82) is 0 Å². The third kappa shape index (κ3) is 7.91. The molecule has 96 valence electrons. The molecule has 0 heterocycles. The summed E-state index contributed by atoms with van der Waals surface area (Å²) in [4.78, 5) is 0. The Bertz CT molecular complexity index is 214. The van der Waals surface area contributed by atoms with E-state index in [2.05, 4.69) is 0 Å². The van der Waals surface area contributed by atoms with E-state index in [-0.39, 0.29) is 0 Å². The molecule has 16 heavy (non-hydrogen) atoms. The number of hydrogen-bond donors (Lipinski definition) is 0. The number of allylic oxidation sites excluding steroid dienone is 1. The quantitative estimate of drug-likeness (QED) is 0.330. The monoisotopic (exact) mass is 250 g/mol. The summed E-state index contributed by atoms with van der Waals surface area (Å²) in [5, 5.41) is 0. The van der Waals surface area contributed by atoms with Crippen molar-refractivity contribution in [2.75, 3.05) is 13.2 Å². The normalized spacial score (nSPS) is 12.2. The number of unbranched alkanes of at least 4 members (excludes halogenated alkanes) is 2. The molecule has 0 aliphatic carbocycles. The summed E-state index contributed by atoms with van der Waals surface area (Å²) in [6, 6.07) is 0. The van der Waals surface area contributed by atoms with Gasteiger partial charge in [0.2, 0.25) is 0 Å². The van der Waals surface area contributed by atoms with Crippen molar-refractivity contribution < 1.29 is 18.1 Å². The van der Waals surface area contributed by atoms with Gasteiger partial charge in [0.15, 0.2) is 0 Å². The molecule has 0 atom stereocenters. The first-order chi connectivity index (χ1) is 7.68. The van der Waals surface area contributed by atoms with E-state index < -0.39 is 7.82 Å². The topological polar surface area (TPSA) is 44.8 Å². The van der Waals surface area contributed by atoms with Crippen molar-refractivity contribution in [3.8, 4) is 0 Å². The molecule has 0 fully saturated rings. The van der Waals surface area contributed by atoms with E-state index in [1.165, 1.54) is 6.26 Å². The average Bonchev–Trinajstić information content (AvgIpc) is 2.27. The van der Waals surface area contributed by atoms with Crippen molar-refractivity contribution in [2.24, 2.45) is 0 Å². The maximum absolute atomic E-state index is 12.0. The van der Waals surface area contributed by atoms with Crippen LogP contribution in [0.2, 0.25) is 0 Å². The molecule has 0 radical (unpaired) electrons. The summed E-state index contributed by atoms with van der Waals surface area (Å²) in [6.07, 6.45) is 6.66. The molecule has 0 aromatic carbocycles. The number of rotatable bonds is 10. The maximum Gasteiger partial charge on any atom is 0.529 e. The van der Waals surface area contributed by atoms with E-state index >= 15 is 0 Å². The molecule has 0 aliphatic rings. The molecule has 0 saturated carbocycles. The standard InChI is InChI=1S/C11H23O4P/c1-4-7-10-14-16(12,13-9-6-3)15-11-8-5-2/h6,9H,4-5,7-8,10-11H2,1-3H3. The Morgan fingerprint density at radius 2 is 1.56 bits per heavy atom. The van der Waals surface area contributed by atoms with Gasteiger partial charge in [-0.05, 0) is 19.8 Å². The Labute approximate surface area is 98.6 Å². The fraction of sp³-hybridized carbons (Fsp3) is 0.818. The van der Waals surface area contributed by atoms with Gasteiger partial charge in [0, 0.05) is 0 Å². The molecule has 5 heteroatoms. The summed E-state index contributed by atoms with van der Waals surface area (Å²) in [5.41, 5.74) is 0. The van der Waals surface area contributed by atoms with Crippen molar-refractivity contribution in [2.45, 2.75) is 46.5 Å². The van der Waals surface area contributed by atoms with E-state index in [1.54, 1.807) is 13.0 Å². The van der Waals surface area contributed by atoms with Crippen molar-refractivity contribution in [3.63, 3.8) is 0 Å². The predicted molar refractivity (Wildman–Crippen MR) is 65.2 cm³/mol. The summed E-state index contributed by atoms with van der Waals surface area (Å²) in [5.74, 6) is 0. The third-order valence-corrected chi connectivity index (χ3v) is 3.20. The number of phosphoric ester groups is 1. The van der Waals surface area contributed by atoms with E-state index in [4.69, 9.17) is 13.6 Å². The molecule has 0 N–H and O–H groups in total. The molecule has 0 bridgehead atoms. The fourth-order valence-corrected chi connectivity index (χ4v) is 2.05. The first kappa shape index (κ1) is 15.7. The van der Waals surface area contributed by atoms with Crippen molar-refractivity contribution >= 4 is 7.82 Å². The van der Waals surface area contributed by atoms with Gasteiger partial charge >= 0.3 is 7.82 Å². The van der Waals surface area contributed by atoms with Crippen LogP contribution in [0.3, 0.4) is 0 Å². The highest BCUT2D eigenvalue weighted by Gasteiger charge is 2.26. The molecule has 0 unspecified atom stereocenters. The second kappa shape index (κ2) is 9.88. The second-order valence-electron chi connectivity index (χ2n) is 3.40. The molecular formula is C11H23O4P. The van der Waals surface area contributed by atoms with Crippen molar-refractivity contribution in [1.82, 2.24) is 0 Å². The first-order valence-electron chi connectivity index (χ1n) is 5.87. The van der Waals surface area contributed by atoms with Crippen LogP contribution in [0.25, 0.3) is 0 Å². The molecule has 0 aliphatic heterocycles. The number of phosphoric acid groups is 1. The van der Waals surface area contributed by atoms with Crippen LogP contribution >= 0.6 is 7.82 Å². The molecule has 0 spiro atoms. The zero-order valence-corrected chi connectivity index (χ0v) is 11.4. The van der Waals surface area contributed by atoms with Gasteiger partial charge in [-0.3, -0.25) is 9.05 Å². The minimum Gasteiger partial charge on any atom is -0.412 e. The minimum absolute atomic E-state index is 0.400. The lowest BCUT2D eigenvalue weighted by molar-refractivity contribution is 0.139. The molecule has 0 aromatic heterocycles. The second-order valence-corrected chi connectivity index (χ2v) is 5.02. The molecular weight excluding hydrogens is 227 g/mol. The van der Waals surface area contributed by atoms with E-state index in [0.29, 0.717) is 13.2 Å². The number of hydrogen-bond acceptors (Lipinski definition) is 4. The lowest BCUT2D eigenvalue weighted by Gasteiger charge is -2.16. The Balaban J connectivity index is 4.07. The summed E-state index contributed by atoms with van der Waals surface area (Å²) < 4.78 is 27.4. The first-order valence-corrected chi connectivity index (χ1v) is 7.33. The van der Waals surface area contributed by atoms with Crippen LogP contribution in [0, 0.1) is 0 Å².